The molecule has 0 amide bonds. The number of benzene rings is 3. The van der Waals surface area contributed by atoms with Gasteiger partial charge in [0.2, 0.25) is 0 Å². The van der Waals surface area contributed by atoms with Gasteiger partial charge in [0.15, 0.2) is 0 Å². The van der Waals surface area contributed by atoms with E-state index >= 15 is 0 Å². The third-order valence-electron chi connectivity index (χ3n) is 11.5. The second-order valence-electron chi connectivity index (χ2n) is 16.7. The number of pyridine rings is 1. The summed E-state index contributed by atoms with van der Waals surface area (Å²) >= 11 is 0. The van der Waals surface area contributed by atoms with Crippen molar-refractivity contribution in [2.24, 2.45) is 17.3 Å². The van der Waals surface area contributed by atoms with E-state index < -0.39 is 0 Å². The van der Waals surface area contributed by atoms with Crippen molar-refractivity contribution in [2.75, 3.05) is 0 Å². The molecular formula is C47H56N4O. The van der Waals surface area contributed by atoms with Gasteiger partial charge in [0.25, 0.3) is 0 Å². The molecule has 3 atom stereocenters. The summed E-state index contributed by atoms with van der Waals surface area (Å²) in [5, 5.41) is 7.60. The number of para-hydroxylation sites is 1. The second kappa shape index (κ2) is 14.1. The van der Waals surface area contributed by atoms with Gasteiger partial charge in [-0.25, -0.2) is 9.67 Å². The van der Waals surface area contributed by atoms with Gasteiger partial charge in [-0.3, -0.25) is 4.57 Å². The van der Waals surface area contributed by atoms with Gasteiger partial charge in [-0.15, -0.1) is 0 Å². The fraction of sp³-hybridized carbons (Fsp3) is 0.404. The standard InChI is InChI=1S/C47H56N4O/c1-11-12-15-34-20-21-48-44(24-34)50-42-17-14-13-16-40(42)41-19-18-38(28-43(41)50)52-39-26-35(29(2)3)25-37(27-39)51-33(7)46(32(6)49-51)45-30(4)22-36(23-31(45)5)47(8,9)10/h13-14,16-22,24-29,31,36,45H,11-12,15,23H2,1-10H3/t31?,36-,45-/m0/s1. The maximum Gasteiger partial charge on any atom is 0.137 e. The molecule has 6 aromatic rings. The normalized spacial score (nSPS) is 18.1. The fourth-order valence-corrected chi connectivity index (χ4v) is 8.58. The first-order valence-electron chi connectivity index (χ1n) is 19.4. The van der Waals surface area contributed by atoms with Crippen molar-refractivity contribution >= 4 is 21.8 Å². The van der Waals surface area contributed by atoms with Crippen molar-refractivity contribution in [3.05, 3.63) is 119 Å². The van der Waals surface area contributed by atoms with E-state index in [1.807, 2.05) is 6.20 Å². The van der Waals surface area contributed by atoms with E-state index in [-0.39, 0.29) is 5.41 Å². The molecule has 1 aliphatic carbocycles. The number of aryl methyl sites for hydroxylation is 2. The summed E-state index contributed by atoms with van der Waals surface area (Å²) in [6.07, 6.45) is 9.07. The number of aromatic nitrogens is 4. The van der Waals surface area contributed by atoms with Gasteiger partial charge in [0.05, 0.1) is 22.4 Å². The van der Waals surface area contributed by atoms with Crippen LogP contribution in [0.4, 0.5) is 0 Å². The highest BCUT2D eigenvalue weighted by Crippen LogP contribution is 2.47. The zero-order chi connectivity index (χ0) is 36.9. The van der Waals surface area contributed by atoms with Crippen LogP contribution in [0.25, 0.3) is 33.3 Å². The van der Waals surface area contributed by atoms with Gasteiger partial charge in [0.1, 0.15) is 17.3 Å². The minimum Gasteiger partial charge on any atom is -0.457 e. The predicted molar refractivity (Wildman–Crippen MR) is 218 cm³/mol. The molecule has 0 aliphatic heterocycles. The van der Waals surface area contributed by atoms with Crippen molar-refractivity contribution in [3.8, 4) is 23.0 Å². The van der Waals surface area contributed by atoms with E-state index in [0.717, 1.165) is 46.2 Å². The third-order valence-corrected chi connectivity index (χ3v) is 11.5. The monoisotopic (exact) mass is 692 g/mol. The Labute approximate surface area is 310 Å². The molecule has 5 heteroatoms. The molecule has 0 radical (unpaired) electrons. The van der Waals surface area contributed by atoms with Gasteiger partial charge in [-0.2, -0.15) is 5.10 Å². The molecule has 3 heterocycles. The molecule has 0 saturated carbocycles. The minimum absolute atomic E-state index is 0.264. The number of rotatable bonds is 9. The Bertz CT molecular complexity index is 2280. The van der Waals surface area contributed by atoms with Crippen LogP contribution < -0.4 is 4.74 Å². The van der Waals surface area contributed by atoms with Crippen LogP contribution in [0, 0.1) is 31.1 Å². The second-order valence-corrected chi connectivity index (χ2v) is 16.7. The SMILES string of the molecule is CCCCc1ccnc(-n2c3ccccc3c3ccc(Oc4cc(C(C)C)cc(-n5nc(C)c([C@H]6C(C)=C[C@H](C(C)(C)C)CC6C)c5C)c4)cc32)c1. The lowest BCUT2D eigenvalue weighted by Crippen LogP contribution is -2.28. The maximum atomic E-state index is 6.79. The van der Waals surface area contributed by atoms with Crippen molar-refractivity contribution in [1.29, 1.82) is 0 Å². The van der Waals surface area contributed by atoms with E-state index in [1.54, 1.807) is 0 Å². The quantitative estimate of drug-likeness (QED) is 0.142. The van der Waals surface area contributed by atoms with Crippen molar-refractivity contribution in [1.82, 2.24) is 19.3 Å². The summed E-state index contributed by atoms with van der Waals surface area (Å²) in [6.45, 7) is 23.0. The highest BCUT2D eigenvalue weighted by Gasteiger charge is 2.36. The van der Waals surface area contributed by atoms with Crippen LogP contribution in [0.3, 0.4) is 0 Å². The molecule has 52 heavy (non-hydrogen) atoms. The van der Waals surface area contributed by atoms with Gasteiger partial charge in [0, 0.05) is 46.3 Å². The lowest BCUT2D eigenvalue weighted by molar-refractivity contribution is 0.224. The molecule has 0 spiro atoms. The first-order valence-corrected chi connectivity index (χ1v) is 19.4. The predicted octanol–water partition coefficient (Wildman–Crippen LogP) is 13.0. The van der Waals surface area contributed by atoms with Crippen molar-refractivity contribution < 1.29 is 4.74 Å². The first kappa shape index (κ1) is 35.7. The highest BCUT2D eigenvalue weighted by atomic mass is 16.5. The number of unbranched alkanes of at least 4 members (excludes halogenated alkanes) is 1. The first-order chi connectivity index (χ1) is 24.8. The molecule has 7 rings (SSSR count). The van der Waals surface area contributed by atoms with Gasteiger partial charge < -0.3 is 4.74 Å². The molecule has 1 unspecified atom stereocenters. The Morgan fingerprint density at radius 1 is 0.885 bits per heavy atom. The number of fused-ring (bicyclic) bond motifs is 3. The third kappa shape index (κ3) is 6.71. The molecule has 3 aromatic heterocycles. The highest BCUT2D eigenvalue weighted by molar-refractivity contribution is 6.09. The number of ether oxygens (including phenoxy) is 1. The molecule has 5 nitrogen and oxygen atoms in total. The molecular weight excluding hydrogens is 637 g/mol. The van der Waals surface area contributed by atoms with Crippen LogP contribution >= 0.6 is 0 Å². The van der Waals surface area contributed by atoms with Crippen LogP contribution in [-0.4, -0.2) is 19.3 Å². The molecule has 3 aromatic carbocycles. The van der Waals surface area contributed by atoms with E-state index in [9.17, 15) is 0 Å². The largest absolute Gasteiger partial charge is 0.457 e. The smallest absolute Gasteiger partial charge is 0.137 e. The Hall–Kier alpha value is -4.64. The van der Waals surface area contributed by atoms with Gasteiger partial charge >= 0.3 is 0 Å². The number of hydrogen-bond acceptors (Lipinski definition) is 3. The van der Waals surface area contributed by atoms with Gasteiger partial charge in [-0.05, 0) is 117 Å². The zero-order valence-corrected chi connectivity index (χ0v) is 32.9. The van der Waals surface area contributed by atoms with Crippen LogP contribution in [0.2, 0.25) is 0 Å². The summed E-state index contributed by atoms with van der Waals surface area (Å²) in [7, 11) is 0. The molecule has 0 saturated heterocycles. The van der Waals surface area contributed by atoms with Crippen molar-refractivity contribution in [2.45, 2.75) is 107 Å². The van der Waals surface area contributed by atoms with E-state index in [4.69, 9.17) is 14.8 Å². The topological polar surface area (TPSA) is 44.9 Å². The molecule has 0 fully saturated rings. The lowest BCUT2D eigenvalue weighted by Gasteiger charge is -2.39. The van der Waals surface area contributed by atoms with Crippen LogP contribution in [0.5, 0.6) is 11.5 Å². The lowest BCUT2D eigenvalue weighted by atomic mass is 9.65. The maximum absolute atomic E-state index is 6.79. The number of nitrogens with zero attached hydrogens (tertiary/aromatic N) is 4. The molecule has 0 N–H and O–H groups in total. The zero-order valence-electron chi connectivity index (χ0n) is 32.9. The van der Waals surface area contributed by atoms with Crippen LogP contribution in [0.15, 0.2) is 90.6 Å². The van der Waals surface area contributed by atoms with Crippen LogP contribution in [0.1, 0.15) is 115 Å². The molecule has 1 aliphatic rings. The minimum atomic E-state index is 0.264. The summed E-state index contributed by atoms with van der Waals surface area (Å²) in [5.41, 5.74) is 11.2. The number of allylic oxidation sites excluding steroid dienone is 2. The summed E-state index contributed by atoms with van der Waals surface area (Å²) in [5.74, 6) is 4.38. The summed E-state index contributed by atoms with van der Waals surface area (Å²) in [6, 6.07) is 26.1. The fourth-order valence-electron chi connectivity index (χ4n) is 8.58. The van der Waals surface area contributed by atoms with E-state index in [1.165, 1.54) is 58.0 Å². The number of hydrogen-bond donors (Lipinski definition) is 0. The molecule has 270 valence electrons. The Kier molecular flexibility index (Phi) is 9.67. The average Bonchev–Trinajstić information content (AvgIpc) is 3.59. The average molecular weight is 693 g/mol. The summed E-state index contributed by atoms with van der Waals surface area (Å²) in [4.78, 5) is 4.86. The Balaban J connectivity index is 1.28. The Morgan fingerprint density at radius 3 is 2.38 bits per heavy atom. The molecule has 0 bridgehead atoms. The van der Waals surface area contributed by atoms with Crippen molar-refractivity contribution in [3.63, 3.8) is 0 Å². The summed E-state index contributed by atoms with van der Waals surface area (Å²) < 4.78 is 11.2. The van der Waals surface area contributed by atoms with E-state index in [2.05, 4.69) is 157 Å². The van der Waals surface area contributed by atoms with Crippen LogP contribution in [-0.2, 0) is 6.42 Å². The van der Waals surface area contributed by atoms with Gasteiger partial charge in [-0.1, -0.05) is 84.7 Å². The Morgan fingerprint density at radius 2 is 1.65 bits per heavy atom. The van der Waals surface area contributed by atoms with E-state index in [0.29, 0.717) is 23.7 Å².